The van der Waals surface area contributed by atoms with Crippen LogP contribution in [0.4, 0.5) is 5.82 Å². The van der Waals surface area contributed by atoms with Crippen molar-refractivity contribution in [2.24, 2.45) is 0 Å². The van der Waals surface area contributed by atoms with Crippen LogP contribution < -0.4 is 0 Å². The number of hydrogen-bond donors (Lipinski definition) is 2. The number of rotatable bonds is 4. The summed E-state index contributed by atoms with van der Waals surface area (Å²) in [6.07, 6.45) is 7.89. The Morgan fingerprint density at radius 3 is 2.96 bits per heavy atom. The number of Topliss-reactive ketones (excluding diaryl/α,β-unsaturated/α-hetero) is 1. The number of carbonyl (C=O) groups is 1. The van der Waals surface area contributed by atoms with Gasteiger partial charge < -0.3 is 0 Å². The molecule has 0 radical (unpaired) electrons. The predicted octanol–water partition coefficient (Wildman–Crippen LogP) is 2.92. The fraction of sp³-hybridized carbons (Fsp3) is 0.333. The van der Waals surface area contributed by atoms with Crippen molar-refractivity contribution in [1.82, 2.24) is 20.2 Å². The zero-order valence-electron chi connectivity index (χ0n) is 13.7. The van der Waals surface area contributed by atoms with Crippen LogP contribution >= 0.6 is 0 Å². The molecule has 6 heteroatoms. The van der Waals surface area contributed by atoms with Gasteiger partial charge in [0.2, 0.25) is 5.65 Å². The highest BCUT2D eigenvalue weighted by Crippen LogP contribution is 2.22. The second kappa shape index (κ2) is 6.03. The lowest BCUT2D eigenvalue weighted by atomic mass is 10.1. The Morgan fingerprint density at radius 1 is 1.29 bits per heavy atom. The molecule has 0 fully saturated rings. The number of carbonyl (C=O) groups excluding carboxylic acids is 1. The Bertz CT molecular complexity index is 934. The van der Waals surface area contributed by atoms with Crippen molar-refractivity contribution in [3.63, 3.8) is 0 Å². The molecule has 122 valence electrons. The molecular formula is C18H20N5O+. The first-order valence-corrected chi connectivity index (χ1v) is 8.32. The van der Waals surface area contributed by atoms with Gasteiger partial charge in [0.15, 0.2) is 5.78 Å². The summed E-state index contributed by atoms with van der Waals surface area (Å²) in [7, 11) is 0. The lowest BCUT2D eigenvalue weighted by Gasteiger charge is -2.07. The highest BCUT2D eigenvalue weighted by molar-refractivity contribution is 5.96. The minimum atomic E-state index is 0.000577. The molecule has 4 rings (SSSR count). The third-order valence-corrected chi connectivity index (χ3v) is 4.38. The van der Waals surface area contributed by atoms with Crippen LogP contribution in [0.1, 0.15) is 41.0 Å². The first-order valence-electron chi connectivity index (χ1n) is 8.32. The van der Waals surface area contributed by atoms with Gasteiger partial charge in [0.05, 0.1) is 12.8 Å². The molecule has 0 aliphatic carbocycles. The van der Waals surface area contributed by atoms with Gasteiger partial charge in [-0.3, -0.25) is 9.89 Å². The summed E-state index contributed by atoms with van der Waals surface area (Å²) in [5.41, 5.74) is 3.13. The highest BCUT2D eigenvalue weighted by Gasteiger charge is 2.16. The van der Waals surface area contributed by atoms with Gasteiger partial charge >= 0.3 is 0 Å². The van der Waals surface area contributed by atoms with E-state index in [0.717, 1.165) is 41.1 Å². The van der Waals surface area contributed by atoms with Crippen molar-refractivity contribution >= 4 is 28.8 Å². The minimum absolute atomic E-state index is 0.000577. The second-order valence-corrected chi connectivity index (χ2v) is 6.34. The molecule has 3 aromatic rings. The van der Waals surface area contributed by atoms with E-state index in [0.29, 0.717) is 12.1 Å². The molecule has 2 N–H and O–H groups in total. The maximum atomic E-state index is 12.3. The maximum absolute atomic E-state index is 12.3. The Labute approximate surface area is 139 Å². The van der Waals surface area contributed by atoms with E-state index in [4.69, 9.17) is 0 Å². The number of aromatic nitrogens is 4. The number of H-pyrrole nitrogens is 2. The van der Waals surface area contributed by atoms with Crippen LogP contribution in [0.5, 0.6) is 0 Å². The molecule has 0 aromatic carbocycles. The first-order chi connectivity index (χ1) is 11.7. The van der Waals surface area contributed by atoms with Gasteiger partial charge in [-0.05, 0) is 37.5 Å². The van der Waals surface area contributed by atoms with Crippen LogP contribution in [-0.2, 0) is 6.42 Å². The van der Waals surface area contributed by atoms with E-state index >= 15 is 0 Å². The van der Waals surface area contributed by atoms with Gasteiger partial charge in [-0.1, -0.05) is 0 Å². The van der Waals surface area contributed by atoms with E-state index in [9.17, 15) is 4.79 Å². The molecule has 1 aliphatic rings. The monoisotopic (exact) mass is 322 g/mol. The van der Waals surface area contributed by atoms with Crippen molar-refractivity contribution in [1.29, 1.82) is 0 Å². The summed E-state index contributed by atoms with van der Waals surface area (Å²) in [5, 5.41) is 7.87. The summed E-state index contributed by atoms with van der Waals surface area (Å²) < 4.78 is 2.25. The normalized spacial score (nSPS) is 14.8. The van der Waals surface area contributed by atoms with Crippen LogP contribution in [0.2, 0.25) is 0 Å². The SMILES string of the molecule is Cc1cc(C(=O)Cc2cnc3[nH]c([N+]4=CCCCC4)cc3c2)n[nH]1. The van der Waals surface area contributed by atoms with Crippen LogP contribution in [0.25, 0.3) is 11.0 Å². The van der Waals surface area contributed by atoms with Crippen molar-refractivity contribution in [3.8, 4) is 0 Å². The third kappa shape index (κ3) is 2.87. The molecule has 0 saturated carbocycles. The molecule has 0 bridgehead atoms. The Balaban J connectivity index is 1.58. The smallest absolute Gasteiger partial charge is 0.281 e. The fourth-order valence-electron chi connectivity index (χ4n) is 3.12. The predicted molar refractivity (Wildman–Crippen MR) is 92.2 cm³/mol. The third-order valence-electron chi connectivity index (χ3n) is 4.38. The van der Waals surface area contributed by atoms with E-state index in [1.54, 1.807) is 12.3 Å². The number of nitrogens with zero attached hydrogens (tertiary/aromatic N) is 3. The van der Waals surface area contributed by atoms with E-state index in [2.05, 4.69) is 37.0 Å². The van der Waals surface area contributed by atoms with E-state index in [-0.39, 0.29) is 5.78 Å². The standard InChI is InChI=1S/C18H19N5O/c1-12-7-15(22-21-12)16(24)9-13-8-14-10-17(20-18(14)19-11-13)23-5-3-2-4-6-23/h5,7-8,10-11H,2-4,6,9H2,1H3,(H-,19,20,21,22,24)/p+1. The minimum Gasteiger partial charge on any atom is -0.292 e. The molecule has 0 unspecified atom stereocenters. The number of fused-ring (bicyclic) bond motifs is 1. The zero-order chi connectivity index (χ0) is 16.5. The highest BCUT2D eigenvalue weighted by atomic mass is 16.1. The molecule has 0 spiro atoms. The molecule has 0 amide bonds. The van der Waals surface area contributed by atoms with Crippen molar-refractivity contribution in [2.75, 3.05) is 6.54 Å². The molecular weight excluding hydrogens is 302 g/mol. The zero-order valence-corrected chi connectivity index (χ0v) is 13.7. The molecule has 4 heterocycles. The summed E-state index contributed by atoms with van der Waals surface area (Å²) in [5.74, 6) is 1.07. The van der Waals surface area contributed by atoms with Crippen LogP contribution in [-0.4, -0.2) is 43.3 Å². The van der Waals surface area contributed by atoms with Gasteiger partial charge in [0.25, 0.3) is 5.82 Å². The Kier molecular flexibility index (Phi) is 3.72. The van der Waals surface area contributed by atoms with Crippen molar-refractivity contribution in [3.05, 3.63) is 41.3 Å². The lowest BCUT2D eigenvalue weighted by molar-refractivity contribution is -0.445. The summed E-state index contributed by atoms with van der Waals surface area (Å²) >= 11 is 0. The number of nitrogens with one attached hydrogen (secondary N) is 2. The molecule has 3 aromatic heterocycles. The number of ketones is 1. The maximum Gasteiger partial charge on any atom is 0.281 e. The van der Waals surface area contributed by atoms with Gasteiger partial charge in [-0.15, -0.1) is 0 Å². The molecule has 24 heavy (non-hydrogen) atoms. The summed E-state index contributed by atoms with van der Waals surface area (Å²) in [6, 6.07) is 5.91. The summed E-state index contributed by atoms with van der Waals surface area (Å²) in [4.78, 5) is 20.1. The van der Waals surface area contributed by atoms with Crippen LogP contribution in [0, 0.1) is 6.92 Å². The topological polar surface area (TPSA) is 77.4 Å². The number of aryl methyl sites for hydroxylation is 1. The van der Waals surface area contributed by atoms with Gasteiger partial charge in [-0.2, -0.15) is 5.10 Å². The van der Waals surface area contributed by atoms with E-state index in [1.165, 1.54) is 12.8 Å². The van der Waals surface area contributed by atoms with E-state index < -0.39 is 0 Å². The Morgan fingerprint density at radius 2 is 2.21 bits per heavy atom. The summed E-state index contributed by atoms with van der Waals surface area (Å²) in [6.45, 7) is 2.92. The first kappa shape index (κ1) is 14.8. The largest absolute Gasteiger partial charge is 0.292 e. The number of pyridine rings is 1. The average molecular weight is 322 g/mol. The molecule has 0 saturated heterocycles. The molecule has 6 nitrogen and oxygen atoms in total. The quantitative estimate of drug-likeness (QED) is 0.573. The van der Waals surface area contributed by atoms with Gasteiger partial charge in [0.1, 0.15) is 5.69 Å². The van der Waals surface area contributed by atoms with Gasteiger partial charge in [-0.25, -0.2) is 14.5 Å². The average Bonchev–Trinajstić information content (AvgIpc) is 3.21. The Hall–Kier alpha value is -2.76. The van der Waals surface area contributed by atoms with Crippen LogP contribution in [0.3, 0.4) is 0 Å². The number of aromatic amines is 2. The van der Waals surface area contributed by atoms with Crippen LogP contribution in [0.15, 0.2) is 24.4 Å². The van der Waals surface area contributed by atoms with E-state index in [1.807, 2.05) is 13.0 Å². The fourth-order valence-corrected chi connectivity index (χ4v) is 3.12. The van der Waals surface area contributed by atoms with Gasteiger partial charge in [0, 0.05) is 36.2 Å². The molecule has 0 atom stereocenters. The van der Waals surface area contributed by atoms with Crippen molar-refractivity contribution < 1.29 is 9.37 Å². The number of hydrogen-bond acceptors (Lipinski definition) is 3. The van der Waals surface area contributed by atoms with Crippen molar-refractivity contribution in [2.45, 2.75) is 32.6 Å². The second-order valence-electron chi connectivity index (χ2n) is 6.34. The lowest BCUT2D eigenvalue weighted by Crippen LogP contribution is -2.13. The molecule has 1 aliphatic heterocycles.